The highest BCUT2D eigenvalue weighted by atomic mass is 19.1. The molecule has 1 saturated heterocycles. The first-order valence-electron chi connectivity index (χ1n) is 8.43. The fourth-order valence-electron chi connectivity index (χ4n) is 3.20. The van der Waals surface area contributed by atoms with Gasteiger partial charge in [0.05, 0.1) is 6.61 Å². The van der Waals surface area contributed by atoms with E-state index < -0.39 is 0 Å². The minimum atomic E-state index is -0.245. The summed E-state index contributed by atoms with van der Waals surface area (Å²) in [5.41, 5.74) is 0.596. The maximum absolute atomic E-state index is 13.7. The molecule has 1 aliphatic heterocycles. The molecule has 0 spiro atoms. The van der Waals surface area contributed by atoms with Crippen LogP contribution >= 0.6 is 0 Å². The number of amides is 1. The van der Waals surface area contributed by atoms with E-state index in [9.17, 15) is 14.3 Å². The minimum Gasteiger partial charge on any atom is -0.395 e. The van der Waals surface area contributed by atoms with Gasteiger partial charge in [0.15, 0.2) is 0 Å². The Morgan fingerprint density at radius 1 is 1.26 bits per heavy atom. The maximum Gasteiger partial charge on any atom is 0.225 e. The molecule has 1 fully saturated rings. The molecule has 0 aromatic heterocycles. The van der Waals surface area contributed by atoms with Gasteiger partial charge in [0.1, 0.15) is 5.82 Å². The molecule has 1 aliphatic rings. The van der Waals surface area contributed by atoms with Gasteiger partial charge in [-0.2, -0.15) is 0 Å². The van der Waals surface area contributed by atoms with Crippen molar-refractivity contribution in [1.82, 2.24) is 9.80 Å². The first-order valence-corrected chi connectivity index (χ1v) is 8.43. The molecule has 1 N–H and O–H groups in total. The summed E-state index contributed by atoms with van der Waals surface area (Å²) in [7, 11) is 0. The predicted molar refractivity (Wildman–Crippen MR) is 88.6 cm³/mol. The minimum absolute atomic E-state index is 0.0879. The predicted octanol–water partition coefficient (Wildman–Crippen LogP) is 1.92. The lowest BCUT2D eigenvalue weighted by atomic mass is 9.99. The first kappa shape index (κ1) is 17.9. The van der Waals surface area contributed by atoms with E-state index in [1.807, 2.05) is 11.8 Å². The average Bonchev–Trinajstić information content (AvgIpc) is 2.58. The second-order valence-electron chi connectivity index (χ2n) is 6.30. The average molecular weight is 322 g/mol. The Kier molecular flexibility index (Phi) is 6.54. The van der Waals surface area contributed by atoms with Crippen LogP contribution in [0.25, 0.3) is 0 Å². The van der Waals surface area contributed by atoms with Gasteiger partial charge in [-0.15, -0.1) is 0 Å². The third-order valence-electron chi connectivity index (χ3n) is 4.73. The second kappa shape index (κ2) is 8.41. The van der Waals surface area contributed by atoms with Crippen LogP contribution in [0.1, 0.15) is 25.8 Å². The highest BCUT2D eigenvalue weighted by Crippen LogP contribution is 2.16. The van der Waals surface area contributed by atoms with E-state index in [0.717, 1.165) is 19.5 Å². The molecule has 0 bridgehead atoms. The van der Waals surface area contributed by atoms with E-state index in [2.05, 4.69) is 11.8 Å². The van der Waals surface area contributed by atoms with Crippen molar-refractivity contribution in [1.29, 1.82) is 0 Å². The summed E-state index contributed by atoms with van der Waals surface area (Å²) in [5, 5.41) is 9.37. The third-order valence-corrected chi connectivity index (χ3v) is 4.73. The van der Waals surface area contributed by atoms with Gasteiger partial charge < -0.3 is 10.0 Å². The summed E-state index contributed by atoms with van der Waals surface area (Å²) < 4.78 is 13.7. The number of hydrogen-bond donors (Lipinski definition) is 1. The van der Waals surface area contributed by atoms with Crippen LogP contribution in [-0.4, -0.2) is 59.6 Å². The van der Waals surface area contributed by atoms with Crippen LogP contribution in [0.3, 0.4) is 0 Å². The van der Waals surface area contributed by atoms with Crippen molar-refractivity contribution in [2.75, 3.05) is 32.8 Å². The van der Waals surface area contributed by atoms with Crippen molar-refractivity contribution in [2.45, 2.75) is 32.7 Å². The molecule has 5 heteroatoms. The van der Waals surface area contributed by atoms with Crippen LogP contribution in [0.2, 0.25) is 0 Å². The van der Waals surface area contributed by atoms with Gasteiger partial charge in [0, 0.05) is 38.1 Å². The summed E-state index contributed by atoms with van der Waals surface area (Å²) in [6.07, 6.45) is 1.34. The van der Waals surface area contributed by atoms with E-state index in [-0.39, 0.29) is 30.3 Å². The van der Waals surface area contributed by atoms with Crippen molar-refractivity contribution < 1.29 is 14.3 Å². The normalized spacial score (nSPS) is 18.7. The molecule has 1 aromatic carbocycles. The second-order valence-corrected chi connectivity index (χ2v) is 6.30. The van der Waals surface area contributed by atoms with E-state index >= 15 is 0 Å². The van der Waals surface area contributed by atoms with Gasteiger partial charge in [-0.25, -0.2) is 4.39 Å². The lowest BCUT2D eigenvalue weighted by Gasteiger charge is -2.39. The van der Waals surface area contributed by atoms with Gasteiger partial charge in [0.2, 0.25) is 5.91 Å². The number of carbonyl (C=O) groups is 1. The number of aliphatic hydroxyl groups is 1. The molecule has 1 amide bonds. The van der Waals surface area contributed by atoms with E-state index in [0.29, 0.717) is 25.1 Å². The Balaban J connectivity index is 1.88. The zero-order chi connectivity index (χ0) is 16.8. The Morgan fingerprint density at radius 2 is 1.91 bits per heavy atom. The van der Waals surface area contributed by atoms with Crippen molar-refractivity contribution >= 4 is 5.91 Å². The van der Waals surface area contributed by atoms with Crippen molar-refractivity contribution in [3.63, 3.8) is 0 Å². The number of aliphatic hydroxyl groups excluding tert-OH is 1. The highest BCUT2D eigenvalue weighted by molar-refractivity contribution is 5.79. The van der Waals surface area contributed by atoms with Crippen molar-refractivity contribution in [3.8, 4) is 0 Å². The Labute approximate surface area is 137 Å². The molecule has 2 atom stereocenters. The smallest absolute Gasteiger partial charge is 0.225 e. The standard InChI is InChI=1S/C18H27FN2O2/c1-3-16(13-22)20-8-10-21(11-9-20)18(23)14(2)12-15-6-4-5-7-17(15)19/h4-7,14,16,22H,3,8-13H2,1-2H3. The third kappa shape index (κ3) is 4.52. The quantitative estimate of drug-likeness (QED) is 0.870. The van der Waals surface area contributed by atoms with Crippen LogP contribution in [0.4, 0.5) is 4.39 Å². The highest BCUT2D eigenvalue weighted by Gasteiger charge is 2.27. The van der Waals surface area contributed by atoms with Gasteiger partial charge in [-0.3, -0.25) is 9.69 Å². The lowest BCUT2D eigenvalue weighted by Crippen LogP contribution is -2.53. The largest absolute Gasteiger partial charge is 0.395 e. The van der Waals surface area contributed by atoms with Crippen molar-refractivity contribution in [2.24, 2.45) is 5.92 Å². The number of nitrogens with zero attached hydrogens (tertiary/aromatic N) is 2. The zero-order valence-corrected chi connectivity index (χ0v) is 14.0. The molecule has 4 nitrogen and oxygen atoms in total. The Morgan fingerprint density at radius 3 is 2.48 bits per heavy atom. The lowest BCUT2D eigenvalue weighted by molar-refractivity contribution is -0.137. The number of hydrogen-bond acceptors (Lipinski definition) is 3. The number of benzene rings is 1. The molecule has 23 heavy (non-hydrogen) atoms. The van der Waals surface area contributed by atoms with Crippen molar-refractivity contribution in [3.05, 3.63) is 35.6 Å². The molecule has 0 saturated carbocycles. The van der Waals surface area contributed by atoms with E-state index in [4.69, 9.17) is 0 Å². The first-order chi connectivity index (χ1) is 11.1. The summed E-state index contributed by atoms with van der Waals surface area (Å²) in [6.45, 7) is 7.02. The molecule has 1 heterocycles. The maximum atomic E-state index is 13.7. The van der Waals surface area contributed by atoms with Crippen LogP contribution in [0.15, 0.2) is 24.3 Å². The Hall–Kier alpha value is -1.46. The molecule has 2 rings (SSSR count). The van der Waals surface area contributed by atoms with Gasteiger partial charge in [-0.1, -0.05) is 32.0 Å². The van der Waals surface area contributed by atoms with E-state index in [1.54, 1.807) is 18.2 Å². The monoisotopic (exact) mass is 322 g/mol. The number of rotatable bonds is 6. The summed E-state index contributed by atoms with van der Waals surface area (Å²) in [5.74, 6) is -0.381. The van der Waals surface area contributed by atoms with Crippen LogP contribution in [-0.2, 0) is 11.2 Å². The fraction of sp³-hybridized carbons (Fsp3) is 0.611. The molecule has 2 unspecified atom stereocenters. The summed E-state index contributed by atoms with van der Waals surface area (Å²) in [6, 6.07) is 6.82. The topological polar surface area (TPSA) is 43.8 Å². The van der Waals surface area contributed by atoms with Crippen LogP contribution < -0.4 is 0 Å². The summed E-state index contributed by atoms with van der Waals surface area (Å²) in [4.78, 5) is 16.7. The molecule has 0 aliphatic carbocycles. The van der Waals surface area contributed by atoms with Gasteiger partial charge in [0.25, 0.3) is 0 Å². The summed E-state index contributed by atoms with van der Waals surface area (Å²) >= 11 is 0. The SMILES string of the molecule is CCC(CO)N1CCN(C(=O)C(C)Cc2ccccc2F)CC1. The molecule has 128 valence electrons. The Bertz CT molecular complexity index is 511. The fourth-order valence-corrected chi connectivity index (χ4v) is 3.20. The van der Waals surface area contributed by atoms with Crippen LogP contribution in [0, 0.1) is 11.7 Å². The number of halogens is 1. The molecular formula is C18H27FN2O2. The zero-order valence-electron chi connectivity index (χ0n) is 14.0. The molecule has 1 aromatic rings. The number of carbonyl (C=O) groups excluding carboxylic acids is 1. The molecule has 0 radical (unpaired) electrons. The molecular weight excluding hydrogens is 295 g/mol. The van der Waals surface area contributed by atoms with Gasteiger partial charge >= 0.3 is 0 Å². The van der Waals surface area contributed by atoms with Gasteiger partial charge in [-0.05, 0) is 24.5 Å². The van der Waals surface area contributed by atoms with Crippen LogP contribution in [0.5, 0.6) is 0 Å². The van der Waals surface area contributed by atoms with E-state index in [1.165, 1.54) is 6.07 Å². The number of piperazine rings is 1.